The Morgan fingerprint density at radius 1 is 1.09 bits per heavy atom. The number of hydrogen-bond acceptors (Lipinski definition) is 6. The fourth-order valence-electron chi connectivity index (χ4n) is 3.55. The molecule has 0 aliphatic rings. The van der Waals surface area contributed by atoms with E-state index in [9.17, 15) is 14.4 Å². The summed E-state index contributed by atoms with van der Waals surface area (Å²) in [5.74, 6) is -0.288. The molecule has 2 heterocycles. The Kier molecular flexibility index (Phi) is 6.64. The predicted molar refractivity (Wildman–Crippen MR) is 131 cm³/mol. The van der Waals surface area contributed by atoms with Gasteiger partial charge in [-0.15, -0.1) is 0 Å². The third kappa shape index (κ3) is 4.85. The minimum absolute atomic E-state index is 0.0115. The number of para-hydroxylation sites is 2. The number of benzene rings is 2. The number of aromatic amines is 2. The molecule has 0 radical (unpaired) electrons. The van der Waals surface area contributed by atoms with Crippen molar-refractivity contribution >= 4 is 40.2 Å². The molecule has 0 unspecified atom stereocenters. The Morgan fingerprint density at radius 2 is 1.82 bits per heavy atom. The van der Waals surface area contributed by atoms with Gasteiger partial charge in [-0.1, -0.05) is 61.2 Å². The lowest BCUT2D eigenvalue weighted by Gasteiger charge is -2.24. The van der Waals surface area contributed by atoms with Crippen molar-refractivity contribution in [3.05, 3.63) is 81.0 Å². The summed E-state index contributed by atoms with van der Waals surface area (Å²) in [5, 5.41) is 0.608. The molecule has 0 saturated carbocycles. The number of nitrogen functional groups attached to an aromatic ring is 1. The molecule has 33 heavy (non-hydrogen) atoms. The van der Waals surface area contributed by atoms with Gasteiger partial charge in [0.25, 0.3) is 5.56 Å². The van der Waals surface area contributed by atoms with Crippen molar-refractivity contribution in [2.75, 3.05) is 22.9 Å². The molecule has 0 aliphatic heterocycles. The summed E-state index contributed by atoms with van der Waals surface area (Å²) in [6.45, 7) is 2.37. The first-order valence-electron chi connectivity index (χ1n) is 10.5. The SMILES string of the molecule is CCCN(C(=O)CSc1nc2ccccc2[nH]1)c1c(N)n(Cc2ccccc2)c(=O)[nH]c1=O. The lowest BCUT2D eigenvalue weighted by molar-refractivity contribution is -0.116. The zero-order chi connectivity index (χ0) is 23.4. The summed E-state index contributed by atoms with van der Waals surface area (Å²) in [5.41, 5.74) is 7.51. The Labute approximate surface area is 193 Å². The molecule has 0 atom stereocenters. The van der Waals surface area contributed by atoms with E-state index >= 15 is 0 Å². The molecule has 9 nitrogen and oxygen atoms in total. The van der Waals surface area contributed by atoms with Gasteiger partial charge in [-0.05, 0) is 24.1 Å². The van der Waals surface area contributed by atoms with E-state index in [1.807, 2.05) is 61.5 Å². The van der Waals surface area contributed by atoms with Crippen LogP contribution in [0.2, 0.25) is 0 Å². The van der Waals surface area contributed by atoms with Crippen LogP contribution < -0.4 is 21.9 Å². The summed E-state index contributed by atoms with van der Waals surface area (Å²) in [7, 11) is 0. The highest BCUT2D eigenvalue weighted by Gasteiger charge is 2.24. The van der Waals surface area contributed by atoms with E-state index in [1.54, 1.807) is 0 Å². The van der Waals surface area contributed by atoms with Crippen LogP contribution in [0.25, 0.3) is 11.0 Å². The van der Waals surface area contributed by atoms with Crippen LogP contribution in [0, 0.1) is 0 Å². The molecule has 0 aliphatic carbocycles. The first-order valence-corrected chi connectivity index (χ1v) is 11.5. The van der Waals surface area contributed by atoms with Gasteiger partial charge >= 0.3 is 5.69 Å². The van der Waals surface area contributed by atoms with Crippen LogP contribution in [0.1, 0.15) is 18.9 Å². The van der Waals surface area contributed by atoms with Gasteiger partial charge in [0, 0.05) is 6.54 Å². The van der Waals surface area contributed by atoms with Gasteiger partial charge in [-0.2, -0.15) is 0 Å². The maximum atomic E-state index is 13.1. The quantitative estimate of drug-likeness (QED) is 0.344. The second kappa shape index (κ2) is 9.78. The Hall–Kier alpha value is -3.79. The normalized spacial score (nSPS) is 11.1. The number of nitrogens with two attached hydrogens (primary N) is 1. The van der Waals surface area contributed by atoms with Crippen LogP contribution in [0.5, 0.6) is 0 Å². The first-order chi connectivity index (χ1) is 16.0. The molecule has 2 aromatic heterocycles. The van der Waals surface area contributed by atoms with Crippen molar-refractivity contribution in [2.24, 2.45) is 0 Å². The third-order valence-corrected chi connectivity index (χ3v) is 5.97. The summed E-state index contributed by atoms with van der Waals surface area (Å²) in [4.78, 5) is 49.6. The standard InChI is InChI=1S/C23H24N6O3S/c1-2-12-28(18(30)14-33-22-25-16-10-6-7-11-17(16)26-22)19-20(24)29(23(32)27-21(19)31)13-15-8-4-3-5-9-15/h3-11H,2,12-14,24H2,1H3,(H,25,26)(H,27,31,32). The number of hydrogen-bond donors (Lipinski definition) is 3. The molecule has 4 rings (SSSR count). The molecule has 0 spiro atoms. The van der Waals surface area contributed by atoms with Crippen molar-refractivity contribution in [3.63, 3.8) is 0 Å². The average Bonchev–Trinajstić information content (AvgIpc) is 3.23. The topological polar surface area (TPSA) is 130 Å². The second-order valence-corrected chi connectivity index (χ2v) is 8.42. The molecule has 0 saturated heterocycles. The van der Waals surface area contributed by atoms with E-state index in [1.165, 1.54) is 21.2 Å². The van der Waals surface area contributed by atoms with Crippen molar-refractivity contribution in [2.45, 2.75) is 25.0 Å². The molecular weight excluding hydrogens is 440 g/mol. The number of imidazole rings is 1. The van der Waals surface area contributed by atoms with Gasteiger partial charge in [0.2, 0.25) is 5.91 Å². The molecule has 2 aromatic carbocycles. The minimum Gasteiger partial charge on any atom is -0.383 e. The van der Waals surface area contributed by atoms with Gasteiger partial charge < -0.3 is 15.6 Å². The molecule has 170 valence electrons. The van der Waals surface area contributed by atoms with Crippen LogP contribution in [-0.2, 0) is 11.3 Å². The van der Waals surface area contributed by atoms with Gasteiger partial charge in [-0.3, -0.25) is 19.1 Å². The first kappa shape index (κ1) is 22.4. The molecule has 4 N–H and O–H groups in total. The number of fused-ring (bicyclic) bond motifs is 1. The molecule has 1 amide bonds. The summed E-state index contributed by atoms with van der Waals surface area (Å²) in [6, 6.07) is 16.9. The van der Waals surface area contributed by atoms with Crippen LogP contribution in [-0.4, -0.2) is 37.7 Å². The number of carbonyl (C=O) groups excluding carboxylic acids is 1. The Morgan fingerprint density at radius 3 is 2.55 bits per heavy atom. The van der Waals surface area contributed by atoms with Crippen LogP contribution >= 0.6 is 11.8 Å². The smallest absolute Gasteiger partial charge is 0.330 e. The monoisotopic (exact) mass is 464 g/mol. The van der Waals surface area contributed by atoms with Crippen molar-refractivity contribution < 1.29 is 4.79 Å². The fourth-order valence-corrected chi connectivity index (χ4v) is 4.31. The number of thioether (sulfide) groups is 1. The Balaban J connectivity index is 1.62. The van der Waals surface area contributed by atoms with Gasteiger partial charge in [0.15, 0.2) is 10.8 Å². The maximum Gasteiger partial charge on any atom is 0.330 e. The highest BCUT2D eigenvalue weighted by Crippen LogP contribution is 2.23. The van der Waals surface area contributed by atoms with Crippen LogP contribution in [0.4, 0.5) is 11.5 Å². The fraction of sp³-hybridized carbons (Fsp3) is 0.217. The molecule has 10 heteroatoms. The van der Waals surface area contributed by atoms with E-state index in [0.717, 1.165) is 16.6 Å². The van der Waals surface area contributed by atoms with Gasteiger partial charge in [0.05, 0.1) is 23.3 Å². The summed E-state index contributed by atoms with van der Waals surface area (Å²) >= 11 is 1.25. The van der Waals surface area contributed by atoms with Gasteiger partial charge in [-0.25, -0.2) is 9.78 Å². The molecule has 4 aromatic rings. The summed E-state index contributed by atoms with van der Waals surface area (Å²) < 4.78 is 1.27. The highest BCUT2D eigenvalue weighted by atomic mass is 32.2. The number of aromatic nitrogens is 4. The number of nitrogens with zero attached hydrogens (tertiary/aromatic N) is 3. The van der Waals surface area contributed by atoms with Crippen molar-refractivity contribution in [3.8, 4) is 0 Å². The lowest BCUT2D eigenvalue weighted by atomic mass is 10.2. The van der Waals surface area contributed by atoms with E-state index in [4.69, 9.17) is 5.73 Å². The molecule has 0 fully saturated rings. The number of amides is 1. The number of H-pyrrole nitrogens is 2. The second-order valence-electron chi connectivity index (χ2n) is 7.46. The zero-order valence-electron chi connectivity index (χ0n) is 18.1. The van der Waals surface area contributed by atoms with E-state index in [2.05, 4.69) is 15.0 Å². The predicted octanol–water partition coefficient (Wildman–Crippen LogP) is 2.58. The van der Waals surface area contributed by atoms with Crippen LogP contribution in [0.15, 0.2) is 69.3 Å². The number of carbonyl (C=O) groups is 1. The van der Waals surface area contributed by atoms with Crippen LogP contribution in [0.3, 0.4) is 0 Å². The maximum absolute atomic E-state index is 13.1. The van der Waals surface area contributed by atoms with Crippen molar-refractivity contribution in [1.29, 1.82) is 0 Å². The number of anilines is 2. The number of nitrogens with one attached hydrogen (secondary N) is 2. The van der Waals surface area contributed by atoms with E-state index in [-0.39, 0.29) is 36.3 Å². The zero-order valence-corrected chi connectivity index (χ0v) is 18.9. The van der Waals surface area contributed by atoms with Crippen molar-refractivity contribution in [1.82, 2.24) is 19.5 Å². The average molecular weight is 465 g/mol. The molecular formula is C23H24N6O3S. The summed E-state index contributed by atoms with van der Waals surface area (Å²) in [6.07, 6.45) is 0.609. The van der Waals surface area contributed by atoms with E-state index in [0.29, 0.717) is 11.6 Å². The lowest BCUT2D eigenvalue weighted by Crippen LogP contribution is -2.42. The highest BCUT2D eigenvalue weighted by molar-refractivity contribution is 7.99. The molecule has 0 bridgehead atoms. The minimum atomic E-state index is -0.683. The van der Waals surface area contributed by atoms with Gasteiger partial charge in [0.1, 0.15) is 5.82 Å². The number of rotatable bonds is 8. The Bertz CT molecular complexity index is 1360. The van der Waals surface area contributed by atoms with E-state index < -0.39 is 11.2 Å². The largest absolute Gasteiger partial charge is 0.383 e. The third-order valence-electron chi connectivity index (χ3n) is 5.12.